The van der Waals surface area contributed by atoms with E-state index in [0.29, 0.717) is 22.3 Å². The molecule has 0 aliphatic carbocycles. The van der Waals surface area contributed by atoms with E-state index in [2.05, 4.69) is 5.32 Å². The second kappa shape index (κ2) is 8.62. The third-order valence-electron chi connectivity index (χ3n) is 3.37. The summed E-state index contributed by atoms with van der Waals surface area (Å²) in [5.41, 5.74) is 1.72. The van der Waals surface area contributed by atoms with Crippen LogP contribution in [0.5, 0.6) is 0 Å². The number of carbonyl (C=O) groups is 2. The van der Waals surface area contributed by atoms with Crippen LogP contribution in [-0.2, 0) is 9.53 Å². The number of alkyl halides is 2. The molecule has 2 rings (SSSR count). The van der Waals surface area contributed by atoms with Crippen LogP contribution in [0.25, 0.3) is 0 Å². The number of aryl methyl sites for hydroxylation is 1. The van der Waals surface area contributed by atoms with Crippen LogP contribution in [0, 0.1) is 6.92 Å². The lowest BCUT2D eigenvalue weighted by molar-refractivity contribution is -0.123. The minimum absolute atomic E-state index is 0.189. The zero-order chi connectivity index (χ0) is 18.4. The summed E-state index contributed by atoms with van der Waals surface area (Å²) in [6, 6.07) is 12.8. The number of halogens is 2. The average molecular weight is 365 g/mol. The maximum Gasteiger partial charge on any atom is 0.338 e. The molecule has 132 valence electrons. The fourth-order valence-electron chi connectivity index (χ4n) is 2.00. The van der Waals surface area contributed by atoms with Crippen LogP contribution in [0.3, 0.4) is 0 Å². The number of thioether (sulfide) groups is 1. The van der Waals surface area contributed by atoms with Crippen LogP contribution in [0.4, 0.5) is 14.5 Å². The number of nitrogens with one attached hydrogen (secondary N) is 1. The lowest BCUT2D eigenvalue weighted by atomic mass is 10.2. The molecule has 0 bridgehead atoms. The topological polar surface area (TPSA) is 55.4 Å². The van der Waals surface area contributed by atoms with Gasteiger partial charge in [-0.25, -0.2) is 4.79 Å². The Hall–Kier alpha value is -2.41. The first-order valence-corrected chi connectivity index (χ1v) is 8.37. The van der Waals surface area contributed by atoms with Crippen molar-refractivity contribution in [2.75, 3.05) is 5.32 Å². The summed E-state index contributed by atoms with van der Waals surface area (Å²) in [7, 11) is 0. The predicted molar refractivity (Wildman–Crippen MR) is 93.0 cm³/mol. The number of benzene rings is 2. The Labute approximate surface area is 148 Å². The predicted octanol–water partition coefficient (Wildman–Crippen LogP) is 4.49. The molecule has 0 aliphatic heterocycles. The molecular weight excluding hydrogens is 348 g/mol. The highest BCUT2D eigenvalue weighted by atomic mass is 32.2. The molecule has 0 aliphatic rings. The van der Waals surface area contributed by atoms with Crippen molar-refractivity contribution in [1.82, 2.24) is 0 Å². The summed E-state index contributed by atoms with van der Waals surface area (Å²) in [4.78, 5) is 24.5. The Morgan fingerprint density at radius 1 is 1.08 bits per heavy atom. The summed E-state index contributed by atoms with van der Waals surface area (Å²) >= 11 is 0.391. The van der Waals surface area contributed by atoms with E-state index in [1.54, 1.807) is 12.1 Å². The highest BCUT2D eigenvalue weighted by molar-refractivity contribution is 7.99. The van der Waals surface area contributed by atoms with Gasteiger partial charge in [-0.15, -0.1) is 0 Å². The number of esters is 1. The smallest absolute Gasteiger partial charge is 0.338 e. The first-order valence-electron chi connectivity index (χ1n) is 7.49. The molecule has 1 unspecified atom stereocenters. The minimum atomic E-state index is -2.53. The van der Waals surface area contributed by atoms with E-state index in [4.69, 9.17) is 4.74 Å². The van der Waals surface area contributed by atoms with Crippen molar-refractivity contribution in [3.63, 3.8) is 0 Å². The van der Waals surface area contributed by atoms with Crippen molar-refractivity contribution in [2.24, 2.45) is 0 Å². The molecule has 25 heavy (non-hydrogen) atoms. The molecule has 0 saturated heterocycles. The highest BCUT2D eigenvalue weighted by Gasteiger charge is 2.19. The molecule has 1 amide bonds. The number of hydrogen-bond donors (Lipinski definition) is 1. The van der Waals surface area contributed by atoms with Crippen LogP contribution >= 0.6 is 11.8 Å². The van der Waals surface area contributed by atoms with Crippen LogP contribution in [0.2, 0.25) is 0 Å². The van der Waals surface area contributed by atoms with Gasteiger partial charge in [0.05, 0.1) is 5.56 Å². The van der Waals surface area contributed by atoms with Gasteiger partial charge in [0.2, 0.25) is 0 Å². The van der Waals surface area contributed by atoms with Gasteiger partial charge in [0.1, 0.15) is 0 Å². The van der Waals surface area contributed by atoms with Crippen molar-refractivity contribution in [3.05, 3.63) is 59.7 Å². The number of amides is 1. The van der Waals surface area contributed by atoms with Gasteiger partial charge in [-0.3, -0.25) is 4.79 Å². The third kappa shape index (κ3) is 5.56. The van der Waals surface area contributed by atoms with E-state index in [1.165, 1.54) is 31.2 Å². The Balaban J connectivity index is 1.95. The SMILES string of the molecule is Cc1ccccc1NC(=O)C(C)OC(=O)c1ccc(SC(F)F)cc1. The molecule has 2 aromatic rings. The van der Waals surface area contributed by atoms with Gasteiger partial charge in [-0.05, 0) is 49.7 Å². The van der Waals surface area contributed by atoms with Gasteiger partial charge in [-0.2, -0.15) is 8.78 Å². The van der Waals surface area contributed by atoms with Gasteiger partial charge in [-0.1, -0.05) is 30.0 Å². The molecule has 7 heteroatoms. The molecular formula is C18H17F2NO3S. The molecule has 0 spiro atoms. The van der Waals surface area contributed by atoms with Crippen molar-refractivity contribution in [3.8, 4) is 0 Å². The number of ether oxygens (including phenoxy) is 1. The van der Waals surface area contributed by atoms with E-state index in [0.717, 1.165) is 5.56 Å². The van der Waals surface area contributed by atoms with Crippen molar-refractivity contribution in [1.29, 1.82) is 0 Å². The van der Waals surface area contributed by atoms with Crippen LogP contribution in [-0.4, -0.2) is 23.7 Å². The molecule has 2 aromatic carbocycles. The Kier molecular flexibility index (Phi) is 6.52. The number of rotatable bonds is 6. The second-order valence-electron chi connectivity index (χ2n) is 5.25. The van der Waals surface area contributed by atoms with E-state index in [1.807, 2.05) is 19.1 Å². The first kappa shape index (κ1) is 18.9. The summed E-state index contributed by atoms with van der Waals surface area (Å²) in [6.45, 7) is 3.32. The average Bonchev–Trinajstić information content (AvgIpc) is 2.56. The van der Waals surface area contributed by atoms with E-state index in [9.17, 15) is 18.4 Å². The second-order valence-corrected chi connectivity index (χ2v) is 6.32. The Morgan fingerprint density at radius 3 is 2.32 bits per heavy atom. The lowest BCUT2D eigenvalue weighted by Crippen LogP contribution is -2.30. The molecule has 1 atom stereocenters. The summed E-state index contributed by atoms with van der Waals surface area (Å²) in [6.07, 6.45) is -0.998. The minimum Gasteiger partial charge on any atom is -0.449 e. The van der Waals surface area contributed by atoms with Gasteiger partial charge >= 0.3 is 5.97 Å². The molecule has 1 N–H and O–H groups in total. The first-order chi connectivity index (χ1) is 11.9. The fourth-order valence-corrected chi connectivity index (χ4v) is 2.50. The fraction of sp³-hybridized carbons (Fsp3) is 0.222. The largest absolute Gasteiger partial charge is 0.449 e. The normalized spacial score (nSPS) is 11.9. The number of para-hydroxylation sites is 1. The highest BCUT2D eigenvalue weighted by Crippen LogP contribution is 2.25. The molecule has 0 aromatic heterocycles. The van der Waals surface area contributed by atoms with Crippen LogP contribution in [0.15, 0.2) is 53.4 Å². The quantitative estimate of drug-likeness (QED) is 0.605. The van der Waals surface area contributed by atoms with Crippen LogP contribution in [0.1, 0.15) is 22.8 Å². The number of hydrogen-bond acceptors (Lipinski definition) is 4. The van der Waals surface area contributed by atoms with E-state index in [-0.39, 0.29) is 5.56 Å². The van der Waals surface area contributed by atoms with Gasteiger partial charge in [0.25, 0.3) is 11.7 Å². The maximum atomic E-state index is 12.3. The van der Waals surface area contributed by atoms with E-state index < -0.39 is 23.7 Å². The number of carbonyl (C=O) groups excluding carboxylic acids is 2. The molecule has 0 fully saturated rings. The number of anilines is 1. The van der Waals surface area contributed by atoms with Gasteiger partial charge in [0.15, 0.2) is 6.10 Å². The Morgan fingerprint density at radius 2 is 1.72 bits per heavy atom. The van der Waals surface area contributed by atoms with Crippen molar-refractivity contribution in [2.45, 2.75) is 30.6 Å². The Bertz CT molecular complexity index is 750. The summed E-state index contributed by atoms with van der Waals surface area (Å²) < 4.78 is 29.7. The van der Waals surface area contributed by atoms with Crippen molar-refractivity contribution < 1.29 is 23.1 Å². The summed E-state index contributed by atoms with van der Waals surface area (Å²) in [5, 5.41) is 2.69. The van der Waals surface area contributed by atoms with Crippen LogP contribution < -0.4 is 5.32 Å². The lowest BCUT2D eigenvalue weighted by Gasteiger charge is -2.14. The standard InChI is InChI=1S/C18H17F2NO3S/c1-11-5-3-4-6-15(11)21-16(22)12(2)24-17(23)13-7-9-14(10-8-13)25-18(19)20/h3-10,12,18H,1-2H3,(H,21,22). The monoisotopic (exact) mass is 365 g/mol. The summed E-state index contributed by atoms with van der Waals surface area (Å²) in [5.74, 6) is -3.67. The zero-order valence-corrected chi connectivity index (χ0v) is 14.5. The molecule has 0 radical (unpaired) electrons. The zero-order valence-electron chi connectivity index (χ0n) is 13.7. The van der Waals surface area contributed by atoms with Gasteiger partial charge in [0, 0.05) is 10.6 Å². The molecule has 0 heterocycles. The third-order valence-corrected chi connectivity index (χ3v) is 4.09. The van der Waals surface area contributed by atoms with Crippen molar-refractivity contribution >= 4 is 29.3 Å². The molecule has 0 saturated carbocycles. The maximum absolute atomic E-state index is 12.3. The van der Waals surface area contributed by atoms with Gasteiger partial charge < -0.3 is 10.1 Å². The van der Waals surface area contributed by atoms with E-state index >= 15 is 0 Å². The molecule has 4 nitrogen and oxygen atoms in total.